The quantitative estimate of drug-likeness (QED) is 0.642. The first-order valence-corrected chi connectivity index (χ1v) is 12.5. The highest BCUT2D eigenvalue weighted by Gasteiger charge is 2.46. The highest BCUT2D eigenvalue weighted by Crippen LogP contribution is 2.37. The maximum atomic E-state index is 13.0. The zero-order chi connectivity index (χ0) is 24.6. The van der Waals surface area contributed by atoms with Crippen molar-refractivity contribution < 1.29 is 18.4 Å². The third-order valence-corrected chi connectivity index (χ3v) is 7.43. The molecule has 1 saturated carbocycles. The van der Waals surface area contributed by atoms with E-state index in [1.165, 1.54) is 0 Å². The fourth-order valence-corrected chi connectivity index (χ4v) is 5.35. The highest BCUT2D eigenvalue weighted by atomic mass is 19.3. The Kier molecular flexibility index (Phi) is 6.57. The second-order valence-corrected chi connectivity index (χ2v) is 10.0. The average Bonchev–Trinajstić information content (AvgIpc) is 2.83. The number of hydrogen-bond donors (Lipinski definition) is 2. The molecule has 188 valence electrons. The van der Waals surface area contributed by atoms with E-state index in [1.54, 1.807) is 12.3 Å². The number of aromatic nitrogens is 1. The van der Waals surface area contributed by atoms with Crippen LogP contribution in [0.1, 0.15) is 43.1 Å². The molecule has 4 aliphatic rings. The molecule has 3 aliphatic heterocycles. The lowest BCUT2D eigenvalue weighted by molar-refractivity contribution is -0.119. The molecule has 2 N–H and O–H groups in total. The zero-order valence-electron chi connectivity index (χ0n) is 19.9. The van der Waals surface area contributed by atoms with Gasteiger partial charge in [0.25, 0.3) is 11.8 Å². The summed E-state index contributed by atoms with van der Waals surface area (Å²) in [6.07, 6.45) is 6.78. The van der Waals surface area contributed by atoms with Gasteiger partial charge in [0.2, 0.25) is 5.91 Å². The van der Waals surface area contributed by atoms with Gasteiger partial charge in [0, 0.05) is 69.3 Å². The summed E-state index contributed by atoms with van der Waals surface area (Å²) in [5, 5.41) is 5.75. The molecule has 0 spiro atoms. The molecule has 0 aromatic carbocycles. The van der Waals surface area contributed by atoms with E-state index in [9.17, 15) is 18.4 Å². The van der Waals surface area contributed by atoms with Gasteiger partial charge in [0.1, 0.15) is 5.69 Å². The Morgan fingerprint density at radius 2 is 2.00 bits per heavy atom. The van der Waals surface area contributed by atoms with E-state index in [2.05, 4.69) is 31.6 Å². The molecule has 8 nitrogen and oxygen atoms in total. The molecule has 10 heteroatoms. The second-order valence-electron chi connectivity index (χ2n) is 10.0. The van der Waals surface area contributed by atoms with Crippen molar-refractivity contribution >= 4 is 23.7 Å². The molecule has 1 aromatic heterocycles. The molecule has 1 aromatic rings. The van der Waals surface area contributed by atoms with E-state index in [0.717, 1.165) is 56.8 Å². The van der Waals surface area contributed by atoms with Crippen LogP contribution in [-0.4, -0.2) is 84.7 Å². The van der Waals surface area contributed by atoms with E-state index in [1.807, 2.05) is 19.1 Å². The lowest BCUT2D eigenvalue weighted by Crippen LogP contribution is -2.52. The summed E-state index contributed by atoms with van der Waals surface area (Å²) in [5.41, 5.74) is 2.01. The number of carbonyl (C=O) groups excluding carboxylic acids is 2. The van der Waals surface area contributed by atoms with Crippen LogP contribution in [0.3, 0.4) is 0 Å². The van der Waals surface area contributed by atoms with E-state index < -0.39 is 17.9 Å². The average molecular weight is 487 g/mol. The van der Waals surface area contributed by atoms with Crippen LogP contribution in [-0.2, 0) is 4.79 Å². The summed E-state index contributed by atoms with van der Waals surface area (Å²) in [6.45, 7) is 6.41. The minimum atomic E-state index is -2.66. The molecule has 3 atom stereocenters. The number of hydrogen-bond acceptors (Lipinski definition) is 6. The van der Waals surface area contributed by atoms with Crippen molar-refractivity contribution in [3.8, 4) is 0 Å². The monoisotopic (exact) mass is 486 g/mol. The molecule has 4 heterocycles. The summed E-state index contributed by atoms with van der Waals surface area (Å²) >= 11 is 0. The topological polar surface area (TPSA) is 89.9 Å². The van der Waals surface area contributed by atoms with Gasteiger partial charge in [-0.1, -0.05) is 6.92 Å². The number of carbonyl (C=O) groups is 2. The molecule has 1 aliphatic carbocycles. The van der Waals surface area contributed by atoms with Gasteiger partial charge >= 0.3 is 0 Å². The number of fused-ring (bicyclic) bond motifs is 1. The molecule has 0 bridgehead atoms. The number of pyridine rings is 1. The number of anilines is 1. The number of rotatable bonds is 6. The van der Waals surface area contributed by atoms with Gasteiger partial charge in [0.15, 0.2) is 0 Å². The standard InChI is InChI=1S/C25H32F2N6O2/c1-2-17-10-21-22(31-23(17)34)9-16(13-28-21)15-32-5-7-33(8-6-32)19-3-4-20(29-14-19)24(35)30-18-11-25(26,27)12-18/h3-4,10,13-14,16,18,21-22H,2,5-9,11-12,15H2,1H3,(H,30,35)(H,31,34). The summed E-state index contributed by atoms with van der Waals surface area (Å²) < 4.78 is 25.9. The molecule has 0 radical (unpaired) electrons. The minimum absolute atomic E-state index is 0.0416. The fourth-order valence-electron chi connectivity index (χ4n) is 5.35. The summed E-state index contributed by atoms with van der Waals surface area (Å²) in [6, 6.07) is 3.18. The molecule has 1 saturated heterocycles. The highest BCUT2D eigenvalue weighted by molar-refractivity contribution is 5.95. The third kappa shape index (κ3) is 5.37. The van der Waals surface area contributed by atoms with Gasteiger partial charge < -0.3 is 15.5 Å². The number of piperazine rings is 1. The predicted molar refractivity (Wildman–Crippen MR) is 129 cm³/mol. The summed E-state index contributed by atoms with van der Waals surface area (Å²) in [7, 11) is 0. The van der Waals surface area contributed by atoms with Crippen molar-refractivity contribution in [3.63, 3.8) is 0 Å². The van der Waals surface area contributed by atoms with E-state index in [0.29, 0.717) is 5.92 Å². The Balaban J connectivity index is 1.09. The fraction of sp³-hybridized carbons (Fsp3) is 0.600. The van der Waals surface area contributed by atoms with Gasteiger partial charge in [0.05, 0.1) is 24.0 Å². The first-order valence-electron chi connectivity index (χ1n) is 12.5. The molecule has 3 unspecified atom stereocenters. The van der Waals surface area contributed by atoms with Crippen molar-refractivity contribution in [2.45, 2.75) is 56.7 Å². The Labute approximate surface area is 203 Å². The van der Waals surface area contributed by atoms with Crippen molar-refractivity contribution in [1.82, 2.24) is 20.5 Å². The zero-order valence-corrected chi connectivity index (χ0v) is 19.9. The van der Waals surface area contributed by atoms with Crippen LogP contribution >= 0.6 is 0 Å². The van der Waals surface area contributed by atoms with Gasteiger partial charge in [-0.05, 0) is 31.1 Å². The van der Waals surface area contributed by atoms with Crippen molar-refractivity contribution in [2.75, 3.05) is 37.6 Å². The predicted octanol–water partition coefficient (Wildman–Crippen LogP) is 2.03. The van der Waals surface area contributed by atoms with Gasteiger partial charge in [-0.25, -0.2) is 13.8 Å². The lowest BCUT2D eigenvalue weighted by atomic mass is 9.88. The molecule has 35 heavy (non-hydrogen) atoms. The molecule has 2 amide bonds. The first kappa shape index (κ1) is 23.8. The van der Waals surface area contributed by atoms with Crippen LogP contribution in [0, 0.1) is 5.92 Å². The number of nitrogens with one attached hydrogen (secondary N) is 2. The number of halogens is 2. The Bertz CT molecular complexity index is 1010. The van der Waals surface area contributed by atoms with E-state index in [-0.39, 0.29) is 36.5 Å². The smallest absolute Gasteiger partial charge is 0.270 e. The molecular weight excluding hydrogens is 454 g/mol. The first-order chi connectivity index (χ1) is 16.8. The van der Waals surface area contributed by atoms with E-state index >= 15 is 0 Å². The van der Waals surface area contributed by atoms with Gasteiger partial charge in [-0.3, -0.25) is 19.5 Å². The Hall–Kier alpha value is -2.88. The minimum Gasteiger partial charge on any atom is -0.368 e. The summed E-state index contributed by atoms with van der Waals surface area (Å²) in [5.74, 6) is -2.71. The Morgan fingerprint density at radius 1 is 1.23 bits per heavy atom. The van der Waals surface area contributed by atoms with Crippen LogP contribution in [0.5, 0.6) is 0 Å². The summed E-state index contributed by atoms with van der Waals surface area (Å²) in [4.78, 5) is 38.1. The number of nitrogens with zero attached hydrogens (tertiary/aromatic N) is 4. The van der Waals surface area contributed by atoms with Crippen molar-refractivity contribution in [1.29, 1.82) is 0 Å². The maximum absolute atomic E-state index is 13.0. The van der Waals surface area contributed by atoms with Crippen LogP contribution in [0.15, 0.2) is 35.0 Å². The van der Waals surface area contributed by atoms with Crippen LogP contribution in [0.25, 0.3) is 0 Å². The SMILES string of the molecule is CCC1=CC2N=CC(CN3CCN(c4ccc(C(=O)NC5CC(F)(F)C5)nc4)CC3)CC2NC1=O. The Morgan fingerprint density at radius 3 is 2.66 bits per heavy atom. The third-order valence-electron chi connectivity index (χ3n) is 7.43. The molecule has 2 fully saturated rings. The van der Waals surface area contributed by atoms with Gasteiger partial charge in [-0.15, -0.1) is 0 Å². The van der Waals surface area contributed by atoms with Crippen molar-refractivity contribution in [3.05, 3.63) is 35.7 Å². The van der Waals surface area contributed by atoms with Gasteiger partial charge in [-0.2, -0.15) is 0 Å². The number of alkyl halides is 2. The molecule has 5 rings (SSSR count). The number of amides is 2. The maximum Gasteiger partial charge on any atom is 0.270 e. The van der Waals surface area contributed by atoms with Crippen molar-refractivity contribution in [2.24, 2.45) is 10.9 Å². The van der Waals surface area contributed by atoms with Crippen LogP contribution in [0.4, 0.5) is 14.5 Å². The normalized spacial score (nSPS) is 28.5. The van der Waals surface area contributed by atoms with E-state index in [4.69, 9.17) is 4.99 Å². The van der Waals surface area contributed by atoms with Crippen LogP contribution in [0.2, 0.25) is 0 Å². The second kappa shape index (κ2) is 9.64. The largest absolute Gasteiger partial charge is 0.368 e. The number of aliphatic imine (C=N–C) groups is 1. The molecular formula is C25H32F2N6O2. The van der Waals surface area contributed by atoms with Crippen LogP contribution < -0.4 is 15.5 Å². The lowest BCUT2D eigenvalue weighted by Gasteiger charge is -2.39.